The molecule has 3 rings (SSSR count). The number of nitro groups is 1. The molecule has 0 aliphatic carbocycles. The summed E-state index contributed by atoms with van der Waals surface area (Å²) in [6.07, 6.45) is 0. The molecule has 1 N–H and O–H groups in total. The number of hydrogen-bond donors (Lipinski definition) is 1. The lowest BCUT2D eigenvalue weighted by Crippen LogP contribution is -2.67. The maximum absolute atomic E-state index is 11.4. The van der Waals surface area contributed by atoms with Crippen LogP contribution in [0.25, 0.3) is 0 Å². The van der Waals surface area contributed by atoms with Crippen LogP contribution in [0.5, 0.6) is 0 Å². The van der Waals surface area contributed by atoms with Crippen molar-refractivity contribution in [1.29, 1.82) is 0 Å². The molecule has 5 nitrogen and oxygen atoms in total. The Labute approximate surface area is 205 Å². The van der Waals surface area contributed by atoms with Crippen molar-refractivity contribution < 1.29 is 9.35 Å². The number of anilines is 1. The first-order valence-corrected chi connectivity index (χ1v) is 13.8. The topological polar surface area (TPSA) is 64.4 Å². The SMILES string of the molecule is CC(CNc1cc(Br)ccc1[N+](=O)[O-])CO[Si](c1ccccc1)(c1ccccc1)C(C)(C)C. The molecule has 0 saturated carbocycles. The fourth-order valence-corrected chi connectivity index (χ4v) is 9.23. The highest BCUT2D eigenvalue weighted by molar-refractivity contribution is 9.10. The fraction of sp³-hybridized carbons (Fsp3) is 0.308. The molecule has 1 atom stereocenters. The van der Waals surface area contributed by atoms with Gasteiger partial charge in [0.2, 0.25) is 0 Å². The quantitative estimate of drug-likeness (QED) is 0.211. The maximum atomic E-state index is 11.4. The van der Waals surface area contributed by atoms with Crippen molar-refractivity contribution >= 4 is 46.0 Å². The van der Waals surface area contributed by atoms with Gasteiger partial charge < -0.3 is 9.74 Å². The summed E-state index contributed by atoms with van der Waals surface area (Å²) in [5.74, 6) is 0.144. The first-order valence-electron chi connectivity index (χ1n) is 11.1. The average molecular weight is 528 g/mol. The summed E-state index contributed by atoms with van der Waals surface area (Å²) in [4.78, 5) is 11.0. The first-order chi connectivity index (χ1) is 15.6. The van der Waals surface area contributed by atoms with E-state index >= 15 is 0 Å². The summed E-state index contributed by atoms with van der Waals surface area (Å²) in [5.41, 5.74) is 0.574. The smallest absolute Gasteiger partial charge is 0.292 e. The third-order valence-corrected chi connectivity index (χ3v) is 11.3. The molecule has 1 unspecified atom stereocenters. The third-order valence-electron chi connectivity index (χ3n) is 5.80. The lowest BCUT2D eigenvalue weighted by atomic mass is 10.2. The number of hydrogen-bond acceptors (Lipinski definition) is 4. The zero-order valence-electron chi connectivity index (χ0n) is 19.5. The Bertz CT molecular complexity index is 1030. The Kier molecular flexibility index (Phi) is 8.10. The third kappa shape index (κ3) is 5.72. The molecule has 0 aliphatic heterocycles. The van der Waals surface area contributed by atoms with Crippen LogP contribution in [0, 0.1) is 16.0 Å². The molecule has 0 fully saturated rings. The Morgan fingerprint density at radius 3 is 2.03 bits per heavy atom. The molecule has 3 aromatic rings. The molecule has 174 valence electrons. The van der Waals surface area contributed by atoms with Crippen LogP contribution in [0.2, 0.25) is 5.04 Å². The molecule has 0 aromatic heterocycles. The van der Waals surface area contributed by atoms with E-state index in [1.165, 1.54) is 16.4 Å². The maximum Gasteiger partial charge on any atom is 0.292 e. The van der Waals surface area contributed by atoms with Gasteiger partial charge >= 0.3 is 0 Å². The minimum atomic E-state index is -2.60. The van der Waals surface area contributed by atoms with Gasteiger partial charge in [0.1, 0.15) is 5.69 Å². The van der Waals surface area contributed by atoms with Crippen LogP contribution >= 0.6 is 15.9 Å². The minimum Gasteiger partial charge on any atom is -0.407 e. The van der Waals surface area contributed by atoms with Crippen LogP contribution in [0.3, 0.4) is 0 Å². The summed E-state index contributed by atoms with van der Waals surface area (Å²) in [6, 6.07) is 26.0. The zero-order valence-corrected chi connectivity index (χ0v) is 22.1. The number of benzene rings is 3. The lowest BCUT2D eigenvalue weighted by Gasteiger charge is -2.43. The van der Waals surface area contributed by atoms with E-state index < -0.39 is 8.32 Å². The van der Waals surface area contributed by atoms with Crippen LogP contribution in [-0.2, 0) is 4.43 Å². The highest BCUT2D eigenvalue weighted by Gasteiger charge is 2.50. The van der Waals surface area contributed by atoms with Crippen molar-refractivity contribution in [2.45, 2.75) is 32.7 Å². The molecule has 0 spiro atoms. The number of rotatable bonds is 9. The van der Waals surface area contributed by atoms with Crippen LogP contribution in [0.15, 0.2) is 83.3 Å². The van der Waals surface area contributed by atoms with E-state index in [0.717, 1.165) is 4.47 Å². The van der Waals surface area contributed by atoms with Gasteiger partial charge in [0.05, 0.1) is 4.92 Å². The molecule has 0 bridgehead atoms. The van der Waals surface area contributed by atoms with Crippen molar-refractivity contribution in [3.8, 4) is 0 Å². The van der Waals surface area contributed by atoms with Gasteiger partial charge in [-0.2, -0.15) is 0 Å². The van der Waals surface area contributed by atoms with Crippen LogP contribution in [0.4, 0.5) is 11.4 Å². The van der Waals surface area contributed by atoms with E-state index in [1.54, 1.807) is 12.1 Å². The van der Waals surface area contributed by atoms with Crippen molar-refractivity contribution in [1.82, 2.24) is 0 Å². The molecule has 0 radical (unpaired) electrons. The monoisotopic (exact) mass is 526 g/mol. The number of nitrogens with zero attached hydrogens (tertiary/aromatic N) is 1. The molecule has 0 aliphatic rings. The van der Waals surface area contributed by atoms with Crippen LogP contribution in [-0.4, -0.2) is 26.4 Å². The van der Waals surface area contributed by atoms with Crippen molar-refractivity contribution in [2.24, 2.45) is 5.92 Å². The van der Waals surface area contributed by atoms with Gasteiger partial charge in [0.25, 0.3) is 14.0 Å². The van der Waals surface area contributed by atoms with Gasteiger partial charge in [-0.15, -0.1) is 0 Å². The normalized spacial score (nSPS) is 12.9. The van der Waals surface area contributed by atoms with E-state index in [-0.39, 0.29) is 21.6 Å². The summed E-state index contributed by atoms with van der Waals surface area (Å²) >= 11 is 3.40. The Balaban J connectivity index is 1.85. The van der Waals surface area contributed by atoms with Crippen LogP contribution < -0.4 is 15.7 Å². The first kappa shape index (κ1) is 25.1. The van der Waals surface area contributed by atoms with E-state index in [2.05, 4.69) is 97.5 Å². The molecule has 3 aromatic carbocycles. The zero-order chi connectivity index (χ0) is 24.1. The predicted octanol–water partition coefficient (Wildman–Crippen LogP) is 5.98. The van der Waals surface area contributed by atoms with E-state index in [1.807, 2.05) is 12.1 Å². The fourth-order valence-electron chi connectivity index (χ4n) is 4.18. The minimum absolute atomic E-state index is 0.0679. The standard InChI is InChI=1S/C26H31BrN2O3Si/c1-20(18-28-24-17-21(27)15-16-25(24)29(30)31)19-32-33(26(2,3)4,22-11-7-5-8-12-22)23-13-9-6-10-14-23/h5-17,20,28H,18-19H2,1-4H3. The summed E-state index contributed by atoms with van der Waals surface area (Å²) in [6.45, 7) is 9.99. The van der Waals surface area contributed by atoms with Gasteiger partial charge in [-0.3, -0.25) is 10.1 Å². The predicted molar refractivity (Wildman–Crippen MR) is 142 cm³/mol. The highest BCUT2D eigenvalue weighted by Crippen LogP contribution is 2.37. The van der Waals surface area contributed by atoms with Crippen molar-refractivity contribution in [3.05, 3.63) is 93.4 Å². The summed E-state index contributed by atoms with van der Waals surface area (Å²) in [7, 11) is -2.60. The molecular formula is C26H31BrN2O3Si. The molecule has 0 heterocycles. The Hall–Kier alpha value is -2.48. The van der Waals surface area contributed by atoms with E-state index in [0.29, 0.717) is 18.8 Å². The number of nitro benzene ring substituents is 1. The van der Waals surface area contributed by atoms with Gasteiger partial charge in [-0.05, 0) is 33.5 Å². The molecule has 7 heteroatoms. The molecular weight excluding hydrogens is 496 g/mol. The Morgan fingerprint density at radius 1 is 1.00 bits per heavy atom. The Morgan fingerprint density at radius 2 is 1.55 bits per heavy atom. The summed E-state index contributed by atoms with van der Waals surface area (Å²) in [5, 5.41) is 17.0. The summed E-state index contributed by atoms with van der Waals surface area (Å²) < 4.78 is 7.77. The lowest BCUT2D eigenvalue weighted by molar-refractivity contribution is -0.384. The second kappa shape index (κ2) is 10.6. The van der Waals surface area contributed by atoms with Crippen LogP contribution in [0.1, 0.15) is 27.7 Å². The second-order valence-corrected chi connectivity index (χ2v) is 14.6. The number of nitrogens with one attached hydrogen (secondary N) is 1. The van der Waals surface area contributed by atoms with Gasteiger partial charge in [0, 0.05) is 23.7 Å². The largest absolute Gasteiger partial charge is 0.407 e. The number of halogens is 1. The van der Waals surface area contributed by atoms with E-state index in [9.17, 15) is 10.1 Å². The molecule has 33 heavy (non-hydrogen) atoms. The second-order valence-electron chi connectivity index (χ2n) is 9.38. The van der Waals surface area contributed by atoms with Gasteiger partial charge in [-0.25, -0.2) is 0 Å². The van der Waals surface area contributed by atoms with E-state index in [4.69, 9.17) is 4.43 Å². The van der Waals surface area contributed by atoms with Crippen molar-refractivity contribution in [3.63, 3.8) is 0 Å². The van der Waals surface area contributed by atoms with Gasteiger partial charge in [0.15, 0.2) is 0 Å². The molecule has 0 saturated heterocycles. The molecule has 0 amide bonds. The van der Waals surface area contributed by atoms with Gasteiger partial charge in [-0.1, -0.05) is 104 Å². The average Bonchev–Trinajstić information content (AvgIpc) is 2.78. The van der Waals surface area contributed by atoms with Crippen molar-refractivity contribution in [2.75, 3.05) is 18.5 Å². The highest BCUT2D eigenvalue weighted by atomic mass is 79.9.